The van der Waals surface area contributed by atoms with Gasteiger partial charge in [0.25, 0.3) is 5.89 Å². The summed E-state index contributed by atoms with van der Waals surface area (Å²) in [6.45, 7) is 2.98. The summed E-state index contributed by atoms with van der Waals surface area (Å²) in [5.41, 5.74) is 6.86. The molecule has 7 nitrogen and oxygen atoms in total. The van der Waals surface area contributed by atoms with Crippen molar-refractivity contribution in [2.24, 2.45) is 5.73 Å². The molecule has 2 aromatic rings. The maximum absolute atomic E-state index is 6.11. The molecule has 0 spiro atoms. The molecule has 1 saturated heterocycles. The molecule has 1 atom stereocenters. The molecule has 0 aromatic carbocycles. The van der Waals surface area contributed by atoms with E-state index in [4.69, 9.17) is 10.3 Å². The van der Waals surface area contributed by atoms with E-state index in [0.29, 0.717) is 11.7 Å². The van der Waals surface area contributed by atoms with Gasteiger partial charge in [0.15, 0.2) is 5.82 Å². The topological polar surface area (TPSA) is 94.0 Å². The van der Waals surface area contributed by atoms with Crippen molar-refractivity contribution in [1.82, 2.24) is 25.2 Å². The van der Waals surface area contributed by atoms with E-state index < -0.39 is 0 Å². The van der Waals surface area contributed by atoms with E-state index in [2.05, 4.69) is 25.2 Å². The molecule has 1 aliphatic heterocycles. The van der Waals surface area contributed by atoms with Gasteiger partial charge in [-0.2, -0.15) is 15.2 Å². The molecule has 2 aromatic heterocycles. The van der Waals surface area contributed by atoms with Crippen LogP contribution >= 0.6 is 0 Å². The second-order valence-electron chi connectivity index (χ2n) is 4.70. The lowest BCUT2D eigenvalue weighted by Gasteiger charge is -2.17. The third-order valence-corrected chi connectivity index (χ3v) is 3.26. The van der Waals surface area contributed by atoms with Gasteiger partial charge >= 0.3 is 0 Å². The Kier molecular flexibility index (Phi) is 3.47. The normalized spacial score (nSPS) is 17.7. The molecule has 0 amide bonds. The van der Waals surface area contributed by atoms with Crippen LogP contribution in [0.1, 0.15) is 24.7 Å². The summed E-state index contributed by atoms with van der Waals surface area (Å²) < 4.78 is 5.21. The quantitative estimate of drug-likeness (QED) is 0.861. The van der Waals surface area contributed by atoms with Gasteiger partial charge < -0.3 is 15.2 Å². The number of hydrogen-bond acceptors (Lipinski definition) is 7. The summed E-state index contributed by atoms with van der Waals surface area (Å²) in [5, 5.41) is 11.4. The van der Waals surface area contributed by atoms with Crippen molar-refractivity contribution in [3.8, 4) is 11.5 Å². The van der Waals surface area contributed by atoms with Gasteiger partial charge in [-0.25, -0.2) is 0 Å². The summed E-state index contributed by atoms with van der Waals surface area (Å²) in [4.78, 5) is 6.65. The zero-order chi connectivity index (χ0) is 13.1. The van der Waals surface area contributed by atoms with Crippen molar-refractivity contribution < 1.29 is 4.52 Å². The molecule has 3 rings (SSSR count). The monoisotopic (exact) mass is 260 g/mol. The summed E-state index contributed by atoms with van der Waals surface area (Å²) in [5.74, 6) is 0.973. The molecule has 1 unspecified atom stereocenters. The first-order valence-corrected chi connectivity index (χ1v) is 6.41. The molecule has 1 aliphatic rings. The molecule has 2 N–H and O–H groups in total. The minimum atomic E-state index is -0.217. The van der Waals surface area contributed by atoms with Crippen LogP contribution in [0.25, 0.3) is 11.5 Å². The van der Waals surface area contributed by atoms with Crippen LogP contribution in [-0.2, 0) is 0 Å². The number of likely N-dealkylation sites (tertiary alicyclic amines) is 1. The smallest absolute Gasteiger partial charge is 0.259 e. The highest BCUT2D eigenvalue weighted by atomic mass is 16.5. The standard InChI is InChI=1S/C12H16N6O/c13-10(8-18-5-1-2-6-18)11-16-12(19-17-11)9-3-4-14-15-7-9/h3-4,7,10H,1-2,5-6,8,13H2. The van der Waals surface area contributed by atoms with Gasteiger partial charge in [-0.05, 0) is 32.0 Å². The van der Waals surface area contributed by atoms with Crippen molar-refractivity contribution in [2.75, 3.05) is 19.6 Å². The van der Waals surface area contributed by atoms with Gasteiger partial charge in [0, 0.05) is 6.54 Å². The zero-order valence-corrected chi connectivity index (χ0v) is 10.6. The lowest BCUT2D eigenvalue weighted by atomic mass is 10.2. The first-order valence-electron chi connectivity index (χ1n) is 6.41. The van der Waals surface area contributed by atoms with Crippen LogP contribution in [0.3, 0.4) is 0 Å². The van der Waals surface area contributed by atoms with Gasteiger partial charge in [0.05, 0.1) is 24.0 Å². The van der Waals surface area contributed by atoms with E-state index in [-0.39, 0.29) is 6.04 Å². The van der Waals surface area contributed by atoms with Crippen molar-refractivity contribution in [3.05, 3.63) is 24.3 Å². The Morgan fingerprint density at radius 2 is 2.16 bits per heavy atom. The highest BCUT2D eigenvalue weighted by Crippen LogP contribution is 2.18. The maximum Gasteiger partial charge on any atom is 0.259 e. The fourth-order valence-electron chi connectivity index (χ4n) is 2.24. The average molecular weight is 260 g/mol. The van der Waals surface area contributed by atoms with E-state index in [0.717, 1.165) is 25.2 Å². The number of aromatic nitrogens is 4. The maximum atomic E-state index is 6.11. The number of nitrogens with two attached hydrogens (primary N) is 1. The Hall–Kier alpha value is -1.86. The predicted octanol–water partition coefficient (Wildman–Crippen LogP) is 0.622. The van der Waals surface area contributed by atoms with Crippen molar-refractivity contribution >= 4 is 0 Å². The third kappa shape index (κ3) is 2.77. The highest BCUT2D eigenvalue weighted by molar-refractivity contribution is 5.49. The van der Waals surface area contributed by atoms with Gasteiger partial charge in [0.2, 0.25) is 0 Å². The summed E-state index contributed by atoms with van der Waals surface area (Å²) in [6.07, 6.45) is 5.66. The predicted molar refractivity (Wildman–Crippen MR) is 67.9 cm³/mol. The van der Waals surface area contributed by atoms with Crippen LogP contribution in [0.5, 0.6) is 0 Å². The van der Waals surface area contributed by atoms with Crippen LogP contribution in [0.2, 0.25) is 0 Å². The molecular weight excluding hydrogens is 244 g/mol. The van der Waals surface area contributed by atoms with E-state index >= 15 is 0 Å². The Morgan fingerprint density at radius 3 is 2.89 bits per heavy atom. The number of rotatable bonds is 4. The molecule has 0 aliphatic carbocycles. The molecule has 100 valence electrons. The van der Waals surface area contributed by atoms with Crippen LogP contribution < -0.4 is 5.73 Å². The van der Waals surface area contributed by atoms with E-state index in [1.807, 2.05) is 0 Å². The Balaban J connectivity index is 1.70. The van der Waals surface area contributed by atoms with Crippen molar-refractivity contribution in [1.29, 1.82) is 0 Å². The third-order valence-electron chi connectivity index (χ3n) is 3.26. The molecule has 0 saturated carbocycles. The van der Waals surface area contributed by atoms with E-state index in [1.54, 1.807) is 18.5 Å². The molecule has 19 heavy (non-hydrogen) atoms. The second-order valence-corrected chi connectivity index (χ2v) is 4.70. The lowest BCUT2D eigenvalue weighted by Crippen LogP contribution is -2.30. The largest absolute Gasteiger partial charge is 0.334 e. The van der Waals surface area contributed by atoms with E-state index in [9.17, 15) is 0 Å². The van der Waals surface area contributed by atoms with Gasteiger partial charge in [-0.3, -0.25) is 0 Å². The van der Waals surface area contributed by atoms with Crippen molar-refractivity contribution in [2.45, 2.75) is 18.9 Å². The van der Waals surface area contributed by atoms with Gasteiger partial charge in [-0.15, -0.1) is 0 Å². The lowest BCUT2D eigenvalue weighted by molar-refractivity contribution is 0.306. The molecule has 0 bridgehead atoms. The van der Waals surface area contributed by atoms with Crippen LogP contribution in [0, 0.1) is 0 Å². The minimum Gasteiger partial charge on any atom is -0.334 e. The molecular formula is C12H16N6O. The number of hydrogen-bond donors (Lipinski definition) is 1. The fraction of sp³-hybridized carbons (Fsp3) is 0.500. The highest BCUT2D eigenvalue weighted by Gasteiger charge is 2.20. The first kappa shape index (κ1) is 12.2. The minimum absolute atomic E-state index is 0.217. The molecule has 0 radical (unpaired) electrons. The number of nitrogens with zero attached hydrogens (tertiary/aromatic N) is 5. The molecule has 7 heteroatoms. The van der Waals surface area contributed by atoms with E-state index in [1.165, 1.54) is 12.8 Å². The summed E-state index contributed by atoms with van der Waals surface area (Å²) >= 11 is 0. The first-order chi connectivity index (χ1) is 9.33. The Morgan fingerprint density at radius 1 is 1.32 bits per heavy atom. The van der Waals surface area contributed by atoms with Gasteiger partial charge in [0.1, 0.15) is 0 Å². The fourth-order valence-corrected chi connectivity index (χ4v) is 2.24. The van der Waals surface area contributed by atoms with Gasteiger partial charge in [-0.1, -0.05) is 5.16 Å². The van der Waals surface area contributed by atoms with Crippen LogP contribution in [0.15, 0.2) is 23.0 Å². The summed E-state index contributed by atoms with van der Waals surface area (Å²) in [7, 11) is 0. The van der Waals surface area contributed by atoms with Crippen molar-refractivity contribution in [3.63, 3.8) is 0 Å². The SMILES string of the molecule is NC(CN1CCCC1)c1noc(-c2ccnnc2)n1. The van der Waals surface area contributed by atoms with Crippen LogP contribution in [-0.4, -0.2) is 44.9 Å². The average Bonchev–Trinajstić information content (AvgIpc) is 3.10. The Bertz CT molecular complexity index is 522. The summed E-state index contributed by atoms with van der Waals surface area (Å²) in [6, 6.07) is 1.56. The molecule has 1 fully saturated rings. The Labute approximate surface area is 110 Å². The second kappa shape index (κ2) is 5.41. The molecule has 3 heterocycles. The zero-order valence-electron chi connectivity index (χ0n) is 10.6. The van der Waals surface area contributed by atoms with Crippen LogP contribution in [0.4, 0.5) is 0 Å².